The van der Waals surface area contributed by atoms with Gasteiger partial charge in [-0.3, -0.25) is 0 Å². The van der Waals surface area contributed by atoms with Crippen molar-refractivity contribution in [3.05, 3.63) is 161 Å². The van der Waals surface area contributed by atoms with Crippen LogP contribution in [0.15, 0.2) is 127 Å². The van der Waals surface area contributed by atoms with Crippen molar-refractivity contribution in [2.24, 2.45) is 0 Å². The Morgan fingerprint density at radius 2 is 0.808 bits per heavy atom. The van der Waals surface area contributed by atoms with Gasteiger partial charge in [0.25, 0.3) is 0 Å². The number of benzene rings is 6. The number of halogens is 9. The van der Waals surface area contributed by atoms with Crippen LogP contribution in [0.25, 0.3) is 71.7 Å². The second-order valence-electron chi connectivity index (χ2n) is 12.3. The highest BCUT2D eigenvalue weighted by Crippen LogP contribution is 2.50. The highest BCUT2D eigenvalue weighted by molar-refractivity contribution is 6.12. The minimum atomic E-state index is -3.02. The van der Waals surface area contributed by atoms with E-state index in [-0.39, 0.29) is 5.69 Å². The number of hydrogen-bond donors (Lipinski definition) is 0. The van der Waals surface area contributed by atoms with Gasteiger partial charge < -0.3 is 9.13 Å². The zero-order valence-electron chi connectivity index (χ0n) is 26.3. The van der Waals surface area contributed by atoms with Crippen molar-refractivity contribution in [3.63, 3.8) is 0 Å². The van der Waals surface area contributed by atoms with E-state index in [2.05, 4.69) is 0 Å². The van der Waals surface area contributed by atoms with Gasteiger partial charge in [-0.05, 0) is 36.4 Å². The molecule has 256 valence electrons. The number of para-hydroxylation sites is 4. The van der Waals surface area contributed by atoms with E-state index in [1.165, 1.54) is 10.6 Å². The zero-order valence-corrected chi connectivity index (χ0v) is 26.3. The van der Waals surface area contributed by atoms with Crippen molar-refractivity contribution in [1.29, 1.82) is 0 Å². The van der Waals surface area contributed by atoms with Crippen LogP contribution < -0.4 is 0 Å². The Balaban J connectivity index is 1.55. The number of aromatic nitrogens is 2. The summed E-state index contributed by atoms with van der Waals surface area (Å²) in [5.41, 5.74) is -2.85. The first-order chi connectivity index (χ1) is 25.1. The van der Waals surface area contributed by atoms with Crippen LogP contribution in [0.2, 0.25) is 0 Å². The molecule has 1 atom stereocenters. The summed E-state index contributed by atoms with van der Waals surface area (Å²) in [6.45, 7) is 0. The fourth-order valence-electron chi connectivity index (χ4n) is 7.42. The van der Waals surface area contributed by atoms with Gasteiger partial charge in [-0.15, -0.1) is 0 Å². The van der Waals surface area contributed by atoms with Crippen molar-refractivity contribution >= 4 is 49.2 Å². The Morgan fingerprint density at radius 3 is 1.23 bits per heavy atom. The van der Waals surface area contributed by atoms with Crippen LogP contribution in [0, 0.1) is 29.1 Å². The van der Waals surface area contributed by atoms with Crippen LogP contribution in [0.1, 0.15) is 5.56 Å². The zero-order chi connectivity index (χ0) is 36.2. The molecule has 0 radical (unpaired) electrons. The van der Waals surface area contributed by atoms with Crippen molar-refractivity contribution in [1.82, 2.24) is 9.13 Å². The van der Waals surface area contributed by atoms with Crippen molar-refractivity contribution in [3.8, 4) is 22.5 Å². The van der Waals surface area contributed by atoms with E-state index in [0.717, 1.165) is 6.07 Å². The normalized spacial score (nSPS) is 15.1. The van der Waals surface area contributed by atoms with Gasteiger partial charge in [0.15, 0.2) is 46.9 Å². The predicted octanol–water partition coefficient (Wildman–Crippen LogP) is 12.4. The summed E-state index contributed by atoms with van der Waals surface area (Å²) >= 11 is 0. The Bertz CT molecular complexity index is 2780. The lowest BCUT2D eigenvalue weighted by Gasteiger charge is -2.23. The number of allylic oxidation sites excluding steroid dienone is 4. The molecule has 0 bridgehead atoms. The van der Waals surface area contributed by atoms with Crippen LogP contribution in [0.5, 0.6) is 0 Å². The molecule has 2 nitrogen and oxygen atoms in total. The van der Waals surface area contributed by atoms with Gasteiger partial charge in [0.2, 0.25) is 5.82 Å². The third-order valence-corrected chi connectivity index (χ3v) is 9.62. The summed E-state index contributed by atoms with van der Waals surface area (Å²) in [5.74, 6) is -17.5. The highest BCUT2D eigenvalue weighted by atomic mass is 19.2. The molecule has 1 aliphatic carbocycles. The molecule has 2 aromatic heterocycles. The number of rotatable bonds is 4. The number of hydrogen-bond acceptors (Lipinski definition) is 0. The SMILES string of the molecule is FC1=C(F)C(F)C(c2cc(-n3c4ccccc4c4ccccc43)cc(-c3c(F)c(F)c(F)c(F)c3F)c2-n2c3ccccc3c3ccccc32)=C1F. The second-order valence-corrected chi connectivity index (χ2v) is 12.3. The Hall–Kier alpha value is -6.23. The molecule has 0 fully saturated rings. The van der Waals surface area contributed by atoms with Crippen molar-refractivity contribution < 1.29 is 39.5 Å². The fourth-order valence-corrected chi connectivity index (χ4v) is 7.42. The molecule has 52 heavy (non-hydrogen) atoms. The van der Waals surface area contributed by atoms with Gasteiger partial charge in [-0.1, -0.05) is 72.8 Å². The van der Waals surface area contributed by atoms with Crippen LogP contribution in [0.3, 0.4) is 0 Å². The van der Waals surface area contributed by atoms with Crippen LogP contribution >= 0.6 is 0 Å². The molecule has 1 aliphatic rings. The first kappa shape index (κ1) is 31.7. The summed E-state index contributed by atoms with van der Waals surface area (Å²) in [4.78, 5) is 0. The molecule has 0 N–H and O–H groups in total. The van der Waals surface area contributed by atoms with E-state index in [9.17, 15) is 13.2 Å². The molecular formula is C41H19F9N2. The number of nitrogens with zero attached hydrogens (tertiary/aromatic N) is 2. The Kier molecular flexibility index (Phi) is 6.95. The lowest BCUT2D eigenvalue weighted by Crippen LogP contribution is -2.12. The van der Waals surface area contributed by atoms with Gasteiger partial charge in [-0.2, -0.15) is 0 Å². The third-order valence-electron chi connectivity index (χ3n) is 9.62. The molecule has 0 aliphatic heterocycles. The van der Waals surface area contributed by atoms with E-state index in [1.807, 2.05) is 0 Å². The minimum Gasteiger partial charge on any atom is -0.309 e. The van der Waals surface area contributed by atoms with Crippen LogP contribution in [-0.4, -0.2) is 15.3 Å². The summed E-state index contributed by atoms with van der Waals surface area (Å²) in [5, 5.41) is 2.48. The lowest BCUT2D eigenvalue weighted by atomic mass is 9.92. The summed E-state index contributed by atoms with van der Waals surface area (Å²) < 4.78 is 142. The van der Waals surface area contributed by atoms with Crippen molar-refractivity contribution in [2.75, 3.05) is 0 Å². The molecule has 6 aromatic carbocycles. The topological polar surface area (TPSA) is 9.86 Å². The number of alkyl halides is 1. The standard InChI is InChI=1S/C41H19F9N2/c42-32-30(33(43)37(47)36(32)46)24-17-19(51-26-13-5-1-9-20(26)21-10-2-6-14-27(21)51)18-25(31-34(44)38(48)40(50)39(49)35(31)45)41(24)52-28-15-7-3-11-22(28)23-12-4-8-16-29(23)52/h1-18,32H. The van der Waals surface area contributed by atoms with Crippen LogP contribution in [0.4, 0.5) is 39.5 Å². The van der Waals surface area contributed by atoms with E-state index < -0.39 is 80.7 Å². The van der Waals surface area contributed by atoms with E-state index in [0.29, 0.717) is 43.6 Å². The largest absolute Gasteiger partial charge is 0.309 e. The lowest BCUT2D eigenvalue weighted by molar-refractivity contribution is 0.381. The van der Waals surface area contributed by atoms with Gasteiger partial charge in [0.05, 0.1) is 33.3 Å². The smallest absolute Gasteiger partial charge is 0.200 e. The Labute approximate surface area is 287 Å². The van der Waals surface area contributed by atoms with E-state index >= 15 is 26.3 Å². The molecule has 11 heteroatoms. The molecule has 9 rings (SSSR count). The monoisotopic (exact) mass is 710 g/mol. The Morgan fingerprint density at radius 1 is 0.423 bits per heavy atom. The molecule has 1 unspecified atom stereocenters. The summed E-state index contributed by atoms with van der Waals surface area (Å²) in [6, 6.07) is 29.4. The molecule has 8 aromatic rings. The molecule has 0 spiro atoms. The van der Waals surface area contributed by atoms with E-state index in [1.54, 1.807) is 102 Å². The first-order valence-electron chi connectivity index (χ1n) is 15.9. The molecule has 0 saturated carbocycles. The summed E-state index contributed by atoms with van der Waals surface area (Å²) in [7, 11) is 0. The van der Waals surface area contributed by atoms with Gasteiger partial charge in [0.1, 0.15) is 0 Å². The number of fused-ring (bicyclic) bond motifs is 6. The fraction of sp³-hybridized carbons (Fsp3) is 0.0244. The van der Waals surface area contributed by atoms with Crippen LogP contribution in [-0.2, 0) is 0 Å². The maximum Gasteiger partial charge on any atom is 0.200 e. The quantitative estimate of drug-likeness (QED) is 0.0978. The maximum absolute atomic E-state index is 16.1. The van der Waals surface area contributed by atoms with Gasteiger partial charge in [0, 0.05) is 43.9 Å². The second kappa shape index (κ2) is 11.4. The first-order valence-corrected chi connectivity index (χ1v) is 15.9. The molecular weight excluding hydrogens is 691 g/mol. The molecule has 0 saturated heterocycles. The predicted molar refractivity (Wildman–Crippen MR) is 183 cm³/mol. The van der Waals surface area contributed by atoms with Gasteiger partial charge in [-0.25, -0.2) is 39.5 Å². The average molecular weight is 711 g/mol. The van der Waals surface area contributed by atoms with Crippen molar-refractivity contribution in [2.45, 2.75) is 6.17 Å². The summed E-state index contributed by atoms with van der Waals surface area (Å²) in [6.07, 6.45) is -3.02. The average Bonchev–Trinajstić information content (AvgIpc) is 3.75. The molecule has 0 amide bonds. The third kappa shape index (κ3) is 4.22. The highest BCUT2D eigenvalue weighted by Gasteiger charge is 2.40. The molecule has 2 heterocycles. The minimum absolute atomic E-state index is 0.0592. The van der Waals surface area contributed by atoms with Gasteiger partial charge >= 0.3 is 0 Å². The van der Waals surface area contributed by atoms with E-state index in [4.69, 9.17) is 0 Å². The maximum atomic E-state index is 16.1.